The van der Waals surface area contributed by atoms with Crippen LogP contribution in [0.4, 0.5) is 4.39 Å². The number of benzene rings is 1. The maximum absolute atomic E-state index is 13.3. The van der Waals surface area contributed by atoms with E-state index in [1.54, 1.807) is 12.4 Å². The Hall–Kier alpha value is -2.27. The third-order valence-electron chi connectivity index (χ3n) is 5.26. The van der Waals surface area contributed by atoms with Crippen LogP contribution in [0.2, 0.25) is 0 Å². The molecule has 0 saturated heterocycles. The summed E-state index contributed by atoms with van der Waals surface area (Å²) in [5.41, 5.74) is 2.13. The standard InChI is InChI=1S/C20H22FN3O/c21-16-5-1-13(2-6-16)18-19(14-9-11-22-12-10-14)24-20(23-18)15-3-7-17(25)8-4-15/h1-2,5-6,9-12,15,17-19,25H,3-4,7-8H2,(H,23,24). The van der Waals surface area contributed by atoms with E-state index in [9.17, 15) is 9.50 Å². The van der Waals surface area contributed by atoms with Crippen LogP contribution in [-0.2, 0) is 0 Å². The molecule has 1 aliphatic carbocycles. The first kappa shape index (κ1) is 16.2. The predicted molar refractivity (Wildman–Crippen MR) is 94.7 cm³/mol. The molecule has 1 saturated carbocycles. The minimum atomic E-state index is -0.236. The summed E-state index contributed by atoms with van der Waals surface area (Å²) in [5, 5.41) is 13.4. The Morgan fingerprint density at radius 1 is 0.920 bits per heavy atom. The number of hydrogen-bond acceptors (Lipinski definition) is 4. The average Bonchev–Trinajstić information content (AvgIpc) is 3.09. The zero-order valence-corrected chi connectivity index (χ0v) is 14.0. The lowest BCUT2D eigenvalue weighted by Crippen LogP contribution is -2.33. The summed E-state index contributed by atoms with van der Waals surface area (Å²) in [6, 6.07) is 10.5. The third-order valence-corrected chi connectivity index (χ3v) is 5.26. The van der Waals surface area contributed by atoms with Crippen molar-refractivity contribution < 1.29 is 9.50 Å². The minimum Gasteiger partial charge on any atom is -0.393 e. The summed E-state index contributed by atoms with van der Waals surface area (Å²) in [5.74, 6) is 1.14. The SMILES string of the molecule is OC1CCC(C2=NC(c3ccc(F)cc3)C(c3ccncc3)N2)CC1. The van der Waals surface area contributed by atoms with E-state index in [0.717, 1.165) is 42.6 Å². The van der Waals surface area contributed by atoms with Crippen molar-refractivity contribution >= 4 is 5.84 Å². The number of nitrogens with one attached hydrogen (secondary N) is 1. The van der Waals surface area contributed by atoms with Gasteiger partial charge in [-0.2, -0.15) is 0 Å². The maximum atomic E-state index is 13.3. The Kier molecular flexibility index (Phi) is 4.49. The Morgan fingerprint density at radius 2 is 1.60 bits per heavy atom. The van der Waals surface area contributed by atoms with E-state index in [4.69, 9.17) is 4.99 Å². The van der Waals surface area contributed by atoms with Gasteiger partial charge < -0.3 is 10.4 Å². The van der Waals surface area contributed by atoms with Crippen LogP contribution in [0.3, 0.4) is 0 Å². The summed E-state index contributed by atoms with van der Waals surface area (Å²) < 4.78 is 13.3. The Labute approximate surface area is 146 Å². The minimum absolute atomic E-state index is 0.0234. The number of aromatic nitrogens is 1. The average molecular weight is 339 g/mol. The number of amidine groups is 1. The van der Waals surface area contributed by atoms with E-state index in [0.29, 0.717) is 5.92 Å². The lowest BCUT2D eigenvalue weighted by molar-refractivity contribution is 0.120. The van der Waals surface area contributed by atoms with Crippen LogP contribution >= 0.6 is 0 Å². The molecule has 2 heterocycles. The summed E-state index contributed by atoms with van der Waals surface area (Å²) in [4.78, 5) is 9.08. The molecule has 4 rings (SSSR count). The van der Waals surface area contributed by atoms with E-state index < -0.39 is 0 Å². The highest BCUT2D eigenvalue weighted by Gasteiger charge is 2.35. The quantitative estimate of drug-likeness (QED) is 0.899. The van der Waals surface area contributed by atoms with Crippen molar-refractivity contribution in [1.82, 2.24) is 10.3 Å². The van der Waals surface area contributed by atoms with Gasteiger partial charge in [0.05, 0.1) is 12.1 Å². The van der Waals surface area contributed by atoms with Crippen LogP contribution in [0.5, 0.6) is 0 Å². The molecule has 0 radical (unpaired) electrons. The number of aliphatic hydroxyl groups is 1. The van der Waals surface area contributed by atoms with Gasteiger partial charge in [0.25, 0.3) is 0 Å². The zero-order chi connectivity index (χ0) is 17.2. The summed E-state index contributed by atoms with van der Waals surface area (Å²) in [7, 11) is 0. The summed E-state index contributed by atoms with van der Waals surface area (Å²) in [6.07, 6.45) is 6.95. The third kappa shape index (κ3) is 3.42. The second kappa shape index (κ2) is 6.92. The monoisotopic (exact) mass is 339 g/mol. The van der Waals surface area contributed by atoms with Gasteiger partial charge in [0.15, 0.2) is 0 Å². The van der Waals surface area contributed by atoms with Gasteiger partial charge >= 0.3 is 0 Å². The number of pyridine rings is 1. The fourth-order valence-corrected chi connectivity index (χ4v) is 3.84. The fraction of sp³-hybridized carbons (Fsp3) is 0.400. The van der Waals surface area contributed by atoms with Crippen molar-refractivity contribution in [2.24, 2.45) is 10.9 Å². The molecule has 2 aromatic rings. The smallest absolute Gasteiger partial charge is 0.123 e. The molecule has 2 N–H and O–H groups in total. The van der Waals surface area contributed by atoms with Crippen LogP contribution in [0.25, 0.3) is 0 Å². The van der Waals surface area contributed by atoms with Gasteiger partial charge in [-0.3, -0.25) is 9.98 Å². The van der Waals surface area contributed by atoms with E-state index in [-0.39, 0.29) is 24.0 Å². The molecule has 1 aromatic carbocycles. The molecule has 4 nitrogen and oxygen atoms in total. The topological polar surface area (TPSA) is 57.5 Å². The predicted octanol–water partition coefficient (Wildman–Crippen LogP) is 3.56. The van der Waals surface area contributed by atoms with Crippen LogP contribution in [0.1, 0.15) is 48.9 Å². The fourth-order valence-electron chi connectivity index (χ4n) is 3.84. The Bertz CT molecular complexity index is 739. The van der Waals surface area contributed by atoms with Crippen molar-refractivity contribution in [2.75, 3.05) is 0 Å². The van der Waals surface area contributed by atoms with Gasteiger partial charge in [-0.1, -0.05) is 12.1 Å². The van der Waals surface area contributed by atoms with Crippen molar-refractivity contribution in [3.8, 4) is 0 Å². The second-order valence-electron chi connectivity index (χ2n) is 6.92. The Morgan fingerprint density at radius 3 is 2.28 bits per heavy atom. The zero-order valence-electron chi connectivity index (χ0n) is 14.0. The molecule has 1 fully saturated rings. The number of aliphatic imine (C=N–C) groups is 1. The first-order chi connectivity index (χ1) is 12.2. The molecule has 2 atom stereocenters. The van der Waals surface area contributed by atoms with Crippen LogP contribution in [-0.4, -0.2) is 22.0 Å². The molecule has 5 heteroatoms. The lowest BCUT2D eigenvalue weighted by atomic mass is 9.86. The van der Waals surface area contributed by atoms with E-state index in [2.05, 4.69) is 10.3 Å². The lowest BCUT2D eigenvalue weighted by Gasteiger charge is -2.26. The summed E-state index contributed by atoms with van der Waals surface area (Å²) >= 11 is 0. The Balaban J connectivity index is 1.64. The number of aliphatic hydroxyl groups excluding tert-OH is 1. The number of halogens is 1. The first-order valence-corrected chi connectivity index (χ1v) is 8.88. The van der Waals surface area contributed by atoms with Crippen molar-refractivity contribution in [3.63, 3.8) is 0 Å². The van der Waals surface area contributed by atoms with Gasteiger partial charge in [-0.25, -0.2) is 4.39 Å². The molecule has 0 bridgehead atoms. The highest BCUT2D eigenvalue weighted by molar-refractivity contribution is 5.87. The number of hydrogen-bond donors (Lipinski definition) is 2. The van der Waals surface area contributed by atoms with E-state index >= 15 is 0 Å². The van der Waals surface area contributed by atoms with Crippen molar-refractivity contribution in [2.45, 2.75) is 43.9 Å². The molecule has 0 amide bonds. The largest absolute Gasteiger partial charge is 0.393 e. The van der Waals surface area contributed by atoms with Crippen LogP contribution in [0.15, 0.2) is 53.8 Å². The molecule has 25 heavy (non-hydrogen) atoms. The normalized spacial score (nSPS) is 29.1. The molecule has 1 aromatic heterocycles. The van der Waals surface area contributed by atoms with Gasteiger partial charge in [0.1, 0.15) is 17.7 Å². The number of nitrogens with zero attached hydrogens (tertiary/aromatic N) is 2. The van der Waals surface area contributed by atoms with E-state index in [1.165, 1.54) is 12.1 Å². The van der Waals surface area contributed by atoms with Crippen molar-refractivity contribution in [1.29, 1.82) is 0 Å². The van der Waals surface area contributed by atoms with E-state index in [1.807, 2.05) is 24.3 Å². The molecular formula is C20H22FN3O. The van der Waals surface area contributed by atoms with Gasteiger partial charge in [0, 0.05) is 18.3 Å². The summed E-state index contributed by atoms with van der Waals surface area (Å²) in [6.45, 7) is 0. The maximum Gasteiger partial charge on any atom is 0.123 e. The number of rotatable bonds is 3. The first-order valence-electron chi connectivity index (χ1n) is 8.88. The molecule has 2 aliphatic rings. The molecule has 0 spiro atoms. The molecule has 1 aliphatic heterocycles. The molecular weight excluding hydrogens is 317 g/mol. The van der Waals surface area contributed by atoms with Gasteiger partial charge in [-0.05, 0) is 61.1 Å². The van der Waals surface area contributed by atoms with Crippen LogP contribution in [0, 0.1) is 11.7 Å². The van der Waals surface area contributed by atoms with Crippen molar-refractivity contribution in [3.05, 3.63) is 65.7 Å². The highest BCUT2D eigenvalue weighted by atomic mass is 19.1. The second-order valence-corrected chi connectivity index (χ2v) is 6.92. The molecule has 130 valence electrons. The van der Waals surface area contributed by atoms with Gasteiger partial charge in [-0.15, -0.1) is 0 Å². The highest BCUT2D eigenvalue weighted by Crippen LogP contribution is 2.39. The molecule has 2 unspecified atom stereocenters. The van der Waals surface area contributed by atoms with Gasteiger partial charge in [0.2, 0.25) is 0 Å². The van der Waals surface area contributed by atoms with Crippen LogP contribution < -0.4 is 5.32 Å².